The Morgan fingerprint density at radius 3 is 3.06 bits per heavy atom. The van der Waals surface area contributed by atoms with Gasteiger partial charge in [0, 0.05) is 5.69 Å². The molecule has 0 atom stereocenters. The van der Waals surface area contributed by atoms with Crippen molar-refractivity contribution in [3.63, 3.8) is 0 Å². The number of nitrogens with zero attached hydrogens (tertiary/aromatic N) is 2. The molecule has 0 unspecified atom stereocenters. The normalized spacial score (nSPS) is 18.6. The summed E-state index contributed by atoms with van der Waals surface area (Å²) in [6, 6.07) is 2.14. The number of rotatable bonds is 0. The molecule has 0 fully saturated rings. The molecule has 0 saturated carbocycles. The Hall–Kier alpha value is -1.58. The van der Waals surface area contributed by atoms with E-state index in [1.54, 1.807) is 0 Å². The second-order valence-corrected chi connectivity index (χ2v) is 5.44. The van der Waals surface area contributed by atoms with Crippen molar-refractivity contribution in [2.75, 3.05) is 5.73 Å². The summed E-state index contributed by atoms with van der Waals surface area (Å²) in [6.45, 7) is 4.59. The van der Waals surface area contributed by atoms with Crippen molar-refractivity contribution < 1.29 is 0 Å². The maximum atomic E-state index is 5.78. The lowest BCUT2D eigenvalue weighted by Gasteiger charge is -2.30. The molecule has 0 radical (unpaired) electrons. The Kier molecular flexibility index (Phi) is 1.79. The molecule has 16 heavy (non-hydrogen) atoms. The van der Waals surface area contributed by atoms with Gasteiger partial charge < -0.3 is 5.73 Å². The minimum absolute atomic E-state index is 0.360. The Bertz CT molecular complexity index is 553. The van der Waals surface area contributed by atoms with E-state index in [-0.39, 0.29) is 0 Å². The highest BCUT2D eigenvalue weighted by Gasteiger charge is 2.26. The Labute approximate surface area is 94.3 Å². The molecule has 1 aliphatic carbocycles. The van der Waals surface area contributed by atoms with E-state index in [0.29, 0.717) is 11.2 Å². The van der Waals surface area contributed by atoms with Gasteiger partial charge in [0.05, 0.1) is 5.39 Å². The molecule has 84 valence electrons. The molecule has 2 aromatic rings. The summed E-state index contributed by atoms with van der Waals surface area (Å²) in [5.41, 5.74) is 9.49. The second-order valence-electron chi connectivity index (χ2n) is 5.44. The third-order valence-electron chi connectivity index (χ3n) is 3.47. The predicted molar refractivity (Wildman–Crippen MR) is 64.1 cm³/mol. The molecule has 2 aromatic heterocycles. The molecule has 0 aliphatic heterocycles. The first kappa shape index (κ1) is 9.63. The standard InChI is InChI=1S/C12H16N4/c1-12(2)4-3-7-5-8-10(13)15-16-11(8)14-9(7)6-12/h5H,3-4,6H2,1-2H3,(H3,13,14,15,16). The molecule has 0 aromatic carbocycles. The first-order chi connectivity index (χ1) is 7.55. The minimum atomic E-state index is 0.360. The van der Waals surface area contributed by atoms with Gasteiger partial charge in [-0.15, -0.1) is 0 Å². The monoisotopic (exact) mass is 216 g/mol. The number of aromatic amines is 1. The zero-order valence-corrected chi connectivity index (χ0v) is 9.67. The molecule has 4 heteroatoms. The van der Waals surface area contributed by atoms with Crippen molar-refractivity contribution in [2.24, 2.45) is 5.41 Å². The van der Waals surface area contributed by atoms with Crippen LogP contribution in [0.5, 0.6) is 0 Å². The van der Waals surface area contributed by atoms with Crippen molar-refractivity contribution >= 4 is 16.9 Å². The molecular formula is C12H16N4. The van der Waals surface area contributed by atoms with Gasteiger partial charge in [0.1, 0.15) is 0 Å². The van der Waals surface area contributed by atoms with Gasteiger partial charge >= 0.3 is 0 Å². The molecule has 3 N–H and O–H groups in total. The van der Waals surface area contributed by atoms with Crippen molar-refractivity contribution in [1.82, 2.24) is 15.2 Å². The number of aromatic nitrogens is 3. The minimum Gasteiger partial charge on any atom is -0.382 e. The van der Waals surface area contributed by atoms with Crippen LogP contribution in [-0.2, 0) is 12.8 Å². The zero-order chi connectivity index (χ0) is 11.3. The first-order valence-electron chi connectivity index (χ1n) is 5.67. The summed E-state index contributed by atoms with van der Waals surface area (Å²) in [5.74, 6) is 0.551. The van der Waals surface area contributed by atoms with Crippen molar-refractivity contribution in [2.45, 2.75) is 33.1 Å². The van der Waals surface area contributed by atoms with Crippen LogP contribution in [0.4, 0.5) is 5.82 Å². The number of hydrogen-bond donors (Lipinski definition) is 2. The highest BCUT2D eigenvalue weighted by molar-refractivity contribution is 5.86. The Balaban J connectivity index is 2.18. The average molecular weight is 216 g/mol. The van der Waals surface area contributed by atoms with Gasteiger partial charge in [-0.1, -0.05) is 13.8 Å². The van der Waals surface area contributed by atoms with Gasteiger partial charge in [-0.05, 0) is 36.3 Å². The maximum Gasteiger partial charge on any atom is 0.157 e. The van der Waals surface area contributed by atoms with Crippen LogP contribution in [0.3, 0.4) is 0 Å². The number of nitrogens with two attached hydrogens (primary N) is 1. The van der Waals surface area contributed by atoms with Gasteiger partial charge in [-0.25, -0.2) is 4.98 Å². The van der Waals surface area contributed by atoms with Crippen molar-refractivity contribution in [3.05, 3.63) is 17.3 Å². The highest BCUT2D eigenvalue weighted by Crippen LogP contribution is 2.35. The van der Waals surface area contributed by atoms with Crippen LogP contribution >= 0.6 is 0 Å². The summed E-state index contributed by atoms with van der Waals surface area (Å²) in [6.07, 6.45) is 3.35. The van der Waals surface area contributed by atoms with E-state index in [2.05, 4.69) is 35.1 Å². The summed E-state index contributed by atoms with van der Waals surface area (Å²) >= 11 is 0. The molecule has 4 nitrogen and oxygen atoms in total. The molecule has 2 heterocycles. The molecule has 3 rings (SSSR count). The van der Waals surface area contributed by atoms with Crippen LogP contribution in [0.2, 0.25) is 0 Å². The zero-order valence-electron chi connectivity index (χ0n) is 9.67. The highest BCUT2D eigenvalue weighted by atomic mass is 15.2. The predicted octanol–water partition coefficient (Wildman–Crippen LogP) is 2.05. The largest absolute Gasteiger partial charge is 0.382 e. The molecule has 1 aliphatic rings. The number of hydrogen-bond acceptors (Lipinski definition) is 3. The number of nitrogens with one attached hydrogen (secondary N) is 1. The quantitative estimate of drug-likeness (QED) is 0.708. The number of aryl methyl sites for hydroxylation is 1. The van der Waals surface area contributed by atoms with Gasteiger partial charge in [-0.3, -0.25) is 5.10 Å². The summed E-state index contributed by atoms with van der Waals surface area (Å²) in [5, 5.41) is 7.83. The second kappa shape index (κ2) is 2.97. The molecule has 0 saturated heterocycles. The van der Waals surface area contributed by atoms with E-state index in [1.807, 2.05) is 0 Å². The fraction of sp³-hybridized carbons (Fsp3) is 0.500. The molecule has 0 amide bonds. The summed E-state index contributed by atoms with van der Waals surface area (Å²) < 4.78 is 0. The number of H-pyrrole nitrogens is 1. The smallest absolute Gasteiger partial charge is 0.157 e. The van der Waals surface area contributed by atoms with Crippen LogP contribution in [0, 0.1) is 5.41 Å². The number of pyridine rings is 1. The SMILES string of the molecule is CC1(C)CCc2cc3c(N)n[nH]c3nc2C1. The lowest BCUT2D eigenvalue weighted by molar-refractivity contribution is 0.311. The van der Waals surface area contributed by atoms with Gasteiger partial charge in [0.25, 0.3) is 0 Å². The van der Waals surface area contributed by atoms with Crippen molar-refractivity contribution in [3.8, 4) is 0 Å². The summed E-state index contributed by atoms with van der Waals surface area (Å²) in [4.78, 5) is 4.63. The number of fused-ring (bicyclic) bond motifs is 2. The Morgan fingerprint density at radius 2 is 2.25 bits per heavy atom. The number of nitrogen functional groups attached to an aromatic ring is 1. The van der Waals surface area contributed by atoms with Crippen LogP contribution in [0.15, 0.2) is 6.07 Å². The fourth-order valence-electron chi connectivity index (χ4n) is 2.43. The summed E-state index contributed by atoms with van der Waals surface area (Å²) in [7, 11) is 0. The lowest BCUT2D eigenvalue weighted by atomic mass is 9.76. The van der Waals surface area contributed by atoms with E-state index in [9.17, 15) is 0 Å². The maximum absolute atomic E-state index is 5.78. The third-order valence-corrected chi connectivity index (χ3v) is 3.47. The van der Waals surface area contributed by atoms with Crippen LogP contribution in [-0.4, -0.2) is 15.2 Å². The van der Waals surface area contributed by atoms with Crippen LogP contribution in [0.1, 0.15) is 31.5 Å². The van der Waals surface area contributed by atoms with Gasteiger partial charge in [0.15, 0.2) is 11.5 Å². The fourth-order valence-corrected chi connectivity index (χ4v) is 2.43. The van der Waals surface area contributed by atoms with E-state index in [1.165, 1.54) is 17.7 Å². The van der Waals surface area contributed by atoms with Crippen molar-refractivity contribution in [1.29, 1.82) is 0 Å². The molecule has 0 spiro atoms. The topological polar surface area (TPSA) is 67.6 Å². The van der Waals surface area contributed by atoms with E-state index in [4.69, 9.17) is 5.73 Å². The van der Waals surface area contributed by atoms with Gasteiger partial charge in [-0.2, -0.15) is 5.10 Å². The lowest BCUT2D eigenvalue weighted by Crippen LogP contribution is -2.23. The van der Waals surface area contributed by atoms with E-state index in [0.717, 1.165) is 23.9 Å². The molecular weight excluding hydrogens is 200 g/mol. The number of anilines is 1. The van der Waals surface area contributed by atoms with E-state index >= 15 is 0 Å². The average Bonchev–Trinajstić information content (AvgIpc) is 2.56. The first-order valence-corrected chi connectivity index (χ1v) is 5.67. The third kappa shape index (κ3) is 1.37. The van der Waals surface area contributed by atoms with Crippen LogP contribution in [0.25, 0.3) is 11.0 Å². The van der Waals surface area contributed by atoms with Gasteiger partial charge in [0.2, 0.25) is 0 Å². The molecule has 0 bridgehead atoms. The van der Waals surface area contributed by atoms with Crippen LogP contribution < -0.4 is 5.73 Å². The van der Waals surface area contributed by atoms with E-state index < -0.39 is 0 Å². The Morgan fingerprint density at radius 1 is 1.44 bits per heavy atom.